The fourth-order valence-corrected chi connectivity index (χ4v) is 3.19. The first kappa shape index (κ1) is 11.7. The van der Waals surface area contributed by atoms with Crippen molar-refractivity contribution in [1.82, 2.24) is 5.32 Å². The molecule has 2 atom stereocenters. The summed E-state index contributed by atoms with van der Waals surface area (Å²) in [6.45, 7) is 6.89. The molecule has 2 aliphatic rings. The van der Waals surface area contributed by atoms with Crippen LogP contribution in [0.25, 0.3) is 0 Å². The van der Waals surface area contributed by atoms with Crippen molar-refractivity contribution in [3.05, 3.63) is 29.8 Å². The number of para-hydroxylation sites is 1. The van der Waals surface area contributed by atoms with Gasteiger partial charge in [0.1, 0.15) is 0 Å². The molecule has 1 aromatic rings. The van der Waals surface area contributed by atoms with Crippen LogP contribution in [0.5, 0.6) is 0 Å². The number of carbonyl (C=O) groups excluding carboxylic acids is 1. The van der Waals surface area contributed by atoms with Gasteiger partial charge in [-0.3, -0.25) is 4.79 Å². The van der Waals surface area contributed by atoms with Crippen LogP contribution in [0.3, 0.4) is 0 Å². The van der Waals surface area contributed by atoms with Gasteiger partial charge in [-0.25, -0.2) is 0 Å². The lowest BCUT2D eigenvalue weighted by Gasteiger charge is -2.37. The Morgan fingerprint density at radius 3 is 2.89 bits per heavy atom. The third-order valence-electron chi connectivity index (χ3n) is 4.14. The van der Waals surface area contributed by atoms with Crippen LogP contribution < -0.4 is 10.2 Å². The molecule has 0 radical (unpaired) electrons. The average molecular weight is 244 g/mol. The largest absolute Gasteiger partial charge is 0.316 e. The van der Waals surface area contributed by atoms with E-state index in [4.69, 9.17) is 0 Å². The molecule has 1 aromatic carbocycles. The normalized spacial score (nSPS) is 26.1. The number of anilines is 1. The van der Waals surface area contributed by atoms with Gasteiger partial charge in [0.25, 0.3) is 0 Å². The zero-order valence-electron chi connectivity index (χ0n) is 11.0. The number of nitrogens with one attached hydrogen (secondary N) is 1. The first-order valence-electron chi connectivity index (χ1n) is 6.79. The second-order valence-corrected chi connectivity index (χ2v) is 5.69. The molecule has 0 unspecified atom stereocenters. The Kier molecular flexibility index (Phi) is 2.86. The van der Waals surface area contributed by atoms with Gasteiger partial charge in [0.05, 0.1) is 0 Å². The molecule has 1 N–H and O–H groups in total. The first-order valence-corrected chi connectivity index (χ1v) is 6.79. The van der Waals surface area contributed by atoms with Gasteiger partial charge >= 0.3 is 0 Å². The van der Waals surface area contributed by atoms with Gasteiger partial charge in [-0.05, 0) is 17.5 Å². The van der Waals surface area contributed by atoms with Crippen molar-refractivity contribution in [2.24, 2.45) is 11.8 Å². The molecule has 2 aliphatic heterocycles. The van der Waals surface area contributed by atoms with Gasteiger partial charge < -0.3 is 10.2 Å². The summed E-state index contributed by atoms with van der Waals surface area (Å²) in [4.78, 5) is 14.3. The van der Waals surface area contributed by atoms with E-state index in [1.807, 2.05) is 24.8 Å². The monoisotopic (exact) mass is 244 g/mol. The van der Waals surface area contributed by atoms with E-state index in [9.17, 15) is 4.79 Å². The van der Waals surface area contributed by atoms with Crippen molar-refractivity contribution < 1.29 is 4.79 Å². The Labute approximate surface area is 108 Å². The van der Waals surface area contributed by atoms with Gasteiger partial charge in [0.15, 0.2) is 0 Å². The number of amides is 1. The Balaban J connectivity index is 2.03. The maximum atomic E-state index is 12.4. The van der Waals surface area contributed by atoms with Crippen molar-refractivity contribution in [2.45, 2.75) is 19.8 Å². The Morgan fingerprint density at radius 1 is 1.33 bits per heavy atom. The topological polar surface area (TPSA) is 32.3 Å². The number of fused-ring (bicyclic) bond motifs is 3. The highest BCUT2D eigenvalue weighted by atomic mass is 16.2. The minimum atomic E-state index is 0.0592. The molecular weight excluding hydrogens is 224 g/mol. The van der Waals surface area contributed by atoms with E-state index in [0.29, 0.717) is 11.8 Å². The quantitative estimate of drug-likeness (QED) is 0.819. The van der Waals surface area contributed by atoms with E-state index < -0.39 is 0 Å². The summed E-state index contributed by atoms with van der Waals surface area (Å²) in [6.07, 6.45) is 0. The van der Waals surface area contributed by atoms with E-state index in [2.05, 4.69) is 23.5 Å². The SMILES string of the molecule is CC(C)C(=O)N1C[C@@H]2CNC[C@H]2c2ccccc21. The molecular formula is C15H20N2O. The Hall–Kier alpha value is -1.35. The minimum Gasteiger partial charge on any atom is -0.316 e. The van der Waals surface area contributed by atoms with Crippen molar-refractivity contribution >= 4 is 11.6 Å². The highest BCUT2D eigenvalue weighted by Crippen LogP contribution is 2.40. The Bertz CT molecular complexity index is 469. The lowest BCUT2D eigenvalue weighted by molar-refractivity contribution is -0.121. The maximum Gasteiger partial charge on any atom is 0.229 e. The Morgan fingerprint density at radius 2 is 2.11 bits per heavy atom. The fraction of sp³-hybridized carbons (Fsp3) is 0.533. The summed E-state index contributed by atoms with van der Waals surface area (Å²) < 4.78 is 0. The molecule has 0 saturated carbocycles. The summed E-state index contributed by atoms with van der Waals surface area (Å²) in [5.74, 6) is 1.46. The molecule has 0 aliphatic carbocycles. The summed E-state index contributed by atoms with van der Waals surface area (Å²) in [6, 6.07) is 8.38. The summed E-state index contributed by atoms with van der Waals surface area (Å²) in [7, 11) is 0. The number of nitrogens with zero attached hydrogens (tertiary/aromatic N) is 1. The van der Waals surface area contributed by atoms with Crippen LogP contribution in [0, 0.1) is 11.8 Å². The van der Waals surface area contributed by atoms with Crippen molar-refractivity contribution in [3.8, 4) is 0 Å². The summed E-state index contributed by atoms with van der Waals surface area (Å²) in [5.41, 5.74) is 2.47. The third kappa shape index (κ3) is 1.74. The number of hydrogen-bond acceptors (Lipinski definition) is 2. The molecule has 0 aromatic heterocycles. The predicted octanol–water partition coefficient (Wildman–Crippen LogP) is 1.99. The highest BCUT2D eigenvalue weighted by Gasteiger charge is 2.38. The van der Waals surface area contributed by atoms with Gasteiger partial charge in [-0.1, -0.05) is 32.0 Å². The molecule has 18 heavy (non-hydrogen) atoms. The average Bonchev–Trinajstić information content (AvgIpc) is 2.85. The van der Waals surface area contributed by atoms with Crippen molar-refractivity contribution in [1.29, 1.82) is 0 Å². The van der Waals surface area contributed by atoms with Gasteiger partial charge in [-0.15, -0.1) is 0 Å². The van der Waals surface area contributed by atoms with Crippen molar-refractivity contribution in [2.75, 3.05) is 24.5 Å². The summed E-state index contributed by atoms with van der Waals surface area (Å²) in [5, 5.41) is 3.46. The molecule has 3 nitrogen and oxygen atoms in total. The van der Waals surface area contributed by atoms with Crippen LogP contribution in [-0.2, 0) is 4.79 Å². The van der Waals surface area contributed by atoms with E-state index in [-0.39, 0.29) is 11.8 Å². The lowest BCUT2D eigenvalue weighted by atomic mass is 9.83. The molecule has 3 heteroatoms. The van der Waals surface area contributed by atoms with Crippen LogP contribution in [0.15, 0.2) is 24.3 Å². The zero-order chi connectivity index (χ0) is 12.7. The predicted molar refractivity (Wildman–Crippen MR) is 72.7 cm³/mol. The fourth-order valence-electron chi connectivity index (χ4n) is 3.19. The first-order chi connectivity index (χ1) is 8.68. The second kappa shape index (κ2) is 4.39. The number of carbonyl (C=O) groups is 1. The standard InChI is InChI=1S/C15H20N2O/c1-10(2)15(18)17-9-11-7-16-8-13(11)12-5-3-4-6-14(12)17/h3-6,10-11,13,16H,7-9H2,1-2H3/t11-,13+/m0/s1. The van der Waals surface area contributed by atoms with Crippen LogP contribution in [0.1, 0.15) is 25.3 Å². The molecule has 3 rings (SSSR count). The van der Waals surface area contributed by atoms with Crippen LogP contribution in [0.4, 0.5) is 5.69 Å². The highest BCUT2D eigenvalue weighted by molar-refractivity contribution is 5.96. The van der Waals surface area contributed by atoms with Gasteiger partial charge in [0, 0.05) is 37.2 Å². The molecule has 1 saturated heterocycles. The molecule has 2 heterocycles. The molecule has 96 valence electrons. The van der Waals surface area contributed by atoms with E-state index in [1.165, 1.54) is 5.56 Å². The van der Waals surface area contributed by atoms with E-state index in [0.717, 1.165) is 25.3 Å². The minimum absolute atomic E-state index is 0.0592. The molecule has 0 bridgehead atoms. The van der Waals surface area contributed by atoms with Crippen LogP contribution in [0.2, 0.25) is 0 Å². The van der Waals surface area contributed by atoms with Crippen LogP contribution in [-0.4, -0.2) is 25.5 Å². The number of rotatable bonds is 1. The smallest absolute Gasteiger partial charge is 0.229 e. The lowest BCUT2D eigenvalue weighted by Crippen LogP contribution is -2.43. The third-order valence-corrected chi connectivity index (χ3v) is 4.14. The van der Waals surface area contributed by atoms with Crippen LogP contribution >= 0.6 is 0 Å². The van der Waals surface area contributed by atoms with Gasteiger partial charge in [-0.2, -0.15) is 0 Å². The maximum absolute atomic E-state index is 12.4. The second-order valence-electron chi connectivity index (χ2n) is 5.69. The molecule has 1 amide bonds. The number of benzene rings is 1. The van der Waals surface area contributed by atoms with E-state index >= 15 is 0 Å². The molecule has 0 spiro atoms. The zero-order valence-corrected chi connectivity index (χ0v) is 11.0. The van der Waals surface area contributed by atoms with Gasteiger partial charge in [0.2, 0.25) is 5.91 Å². The van der Waals surface area contributed by atoms with Crippen molar-refractivity contribution in [3.63, 3.8) is 0 Å². The summed E-state index contributed by atoms with van der Waals surface area (Å²) >= 11 is 0. The number of hydrogen-bond donors (Lipinski definition) is 1. The molecule has 1 fully saturated rings. The van der Waals surface area contributed by atoms with E-state index in [1.54, 1.807) is 0 Å².